The van der Waals surface area contributed by atoms with E-state index in [1.165, 1.54) is 0 Å². The summed E-state index contributed by atoms with van der Waals surface area (Å²) in [4.78, 5) is 22.3. The summed E-state index contributed by atoms with van der Waals surface area (Å²) >= 11 is 0. The van der Waals surface area contributed by atoms with Crippen LogP contribution in [-0.4, -0.2) is 18.4 Å². The van der Waals surface area contributed by atoms with E-state index >= 15 is 0 Å². The first-order chi connectivity index (χ1) is 6.24. The zero-order valence-corrected chi connectivity index (χ0v) is 7.51. The molecule has 5 nitrogen and oxygen atoms in total. The smallest absolute Gasteiger partial charge is 0.234 e. The fourth-order valence-corrected chi connectivity index (χ4v) is 1.48. The van der Waals surface area contributed by atoms with E-state index < -0.39 is 0 Å². The van der Waals surface area contributed by atoms with Crippen LogP contribution >= 0.6 is 0 Å². The zero-order valence-electron chi connectivity index (χ0n) is 7.51. The van der Waals surface area contributed by atoms with Gasteiger partial charge in [0.05, 0.1) is 0 Å². The second kappa shape index (κ2) is 4.81. The first-order valence-electron chi connectivity index (χ1n) is 4.51. The van der Waals surface area contributed by atoms with E-state index in [9.17, 15) is 9.59 Å². The lowest BCUT2D eigenvalue weighted by Crippen LogP contribution is -2.36. The zero-order chi connectivity index (χ0) is 9.68. The average Bonchev–Trinajstić information content (AvgIpc) is 2.32. The highest BCUT2D eigenvalue weighted by Gasteiger charge is 2.22. The van der Waals surface area contributed by atoms with Crippen molar-refractivity contribution < 1.29 is 9.59 Å². The minimum absolute atomic E-state index is 0.0268. The molecule has 0 aromatic rings. The quantitative estimate of drug-likeness (QED) is 0.301. The first-order valence-corrected chi connectivity index (χ1v) is 4.51. The van der Waals surface area contributed by atoms with Crippen LogP contribution in [0, 0.1) is 5.92 Å². The molecule has 2 amide bonds. The van der Waals surface area contributed by atoms with Gasteiger partial charge in [0.25, 0.3) is 0 Å². The second-order valence-corrected chi connectivity index (χ2v) is 3.26. The van der Waals surface area contributed by atoms with E-state index in [0.717, 1.165) is 25.8 Å². The molecule has 1 rings (SSSR count). The van der Waals surface area contributed by atoms with E-state index in [1.54, 1.807) is 0 Å². The standard InChI is InChI=1S/C8H15N3O2/c9-11-7(12)5-6-3-1-2-4-10-8(6)13/h6H,1-5,9H2,(H,10,13)(H,11,12). The van der Waals surface area contributed by atoms with Gasteiger partial charge in [0, 0.05) is 18.9 Å². The van der Waals surface area contributed by atoms with Crippen molar-refractivity contribution in [2.45, 2.75) is 25.7 Å². The van der Waals surface area contributed by atoms with Crippen molar-refractivity contribution >= 4 is 11.8 Å². The molecule has 1 fully saturated rings. The lowest BCUT2D eigenvalue weighted by molar-refractivity contribution is -0.130. The molecule has 0 aromatic carbocycles. The largest absolute Gasteiger partial charge is 0.356 e. The summed E-state index contributed by atoms with van der Waals surface area (Å²) in [6.45, 7) is 0.722. The van der Waals surface area contributed by atoms with Crippen LogP contribution in [0.4, 0.5) is 0 Å². The third-order valence-electron chi connectivity index (χ3n) is 2.24. The van der Waals surface area contributed by atoms with Gasteiger partial charge in [-0.25, -0.2) is 5.84 Å². The van der Waals surface area contributed by atoms with E-state index in [2.05, 4.69) is 5.32 Å². The van der Waals surface area contributed by atoms with E-state index in [-0.39, 0.29) is 24.2 Å². The molecule has 0 aliphatic carbocycles. The lowest BCUT2D eigenvalue weighted by atomic mass is 9.99. The summed E-state index contributed by atoms with van der Waals surface area (Å²) in [6.07, 6.45) is 2.95. The highest BCUT2D eigenvalue weighted by molar-refractivity contribution is 5.85. The summed E-state index contributed by atoms with van der Waals surface area (Å²) in [5.74, 6) is 4.44. The van der Waals surface area contributed by atoms with Crippen molar-refractivity contribution in [3.05, 3.63) is 0 Å². The van der Waals surface area contributed by atoms with Crippen LogP contribution in [-0.2, 0) is 9.59 Å². The van der Waals surface area contributed by atoms with E-state index in [0.29, 0.717) is 0 Å². The Hall–Kier alpha value is -1.10. The van der Waals surface area contributed by atoms with Crippen LogP contribution in [0.25, 0.3) is 0 Å². The summed E-state index contributed by atoms with van der Waals surface area (Å²) in [6, 6.07) is 0. The average molecular weight is 185 g/mol. The molecule has 1 unspecified atom stereocenters. The van der Waals surface area contributed by atoms with Gasteiger partial charge in [0.15, 0.2) is 0 Å². The van der Waals surface area contributed by atoms with Gasteiger partial charge in [-0.05, 0) is 12.8 Å². The third-order valence-corrected chi connectivity index (χ3v) is 2.24. The Kier molecular flexibility index (Phi) is 3.70. The second-order valence-electron chi connectivity index (χ2n) is 3.26. The summed E-state index contributed by atoms with van der Waals surface area (Å²) < 4.78 is 0. The fraction of sp³-hybridized carbons (Fsp3) is 0.750. The Morgan fingerprint density at radius 1 is 1.62 bits per heavy atom. The Balaban J connectivity index is 2.45. The van der Waals surface area contributed by atoms with Gasteiger partial charge in [-0.1, -0.05) is 6.42 Å². The fourth-order valence-electron chi connectivity index (χ4n) is 1.48. The normalized spacial score (nSPS) is 23.2. The van der Waals surface area contributed by atoms with E-state index in [4.69, 9.17) is 5.84 Å². The molecule has 4 N–H and O–H groups in total. The number of hydrogen-bond donors (Lipinski definition) is 3. The van der Waals surface area contributed by atoms with Crippen LogP contribution in [0.5, 0.6) is 0 Å². The number of nitrogens with one attached hydrogen (secondary N) is 2. The molecule has 1 heterocycles. The molecule has 0 radical (unpaired) electrons. The number of hydrazine groups is 1. The van der Waals surface area contributed by atoms with Crippen LogP contribution in [0.15, 0.2) is 0 Å². The van der Waals surface area contributed by atoms with Gasteiger partial charge < -0.3 is 5.32 Å². The topological polar surface area (TPSA) is 84.2 Å². The number of rotatable bonds is 2. The molecule has 5 heteroatoms. The van der Waals surface area contributed by atoms with Gasteiger partial charge in [-0.15, -0.1) is 0 Å². The molecule has 0 saturated carbocycles. The minimum atomic E-state index is -0.276. The van der Waals surface area contributed by atoms with Crippen LogP contribution in [0.2, 0.25) is 0 Å². The number of nitrogens with two attached hydrogens (primary N) is 1. The molecule has 1 saturated heterocycles. The molecule has 0 spiro atoms. The summed E-state index contributed by atoms with van der Waals surface area (Å²) in [5, 5.41) is 2.76. The predicted molar refractivity (Wildman–Crippen MR) is 47.3 cm³/mol. The molecule has 0 bridgehead atoms. The number of carbonyl (C=O) groups is 2. The summed E-state index contributed by atoms with van der Waals surface area (Å²) in [5.41, 5.74) is 2.03. The molecular weight excluding hydrogens is 170 g/mol. The number of amides is 2. The molecule has 1 aliphatic heterocycles. The SMILES string of the molecule is NNC(=O)CC1CCCCNC1=O. The predicted octanol–water partition coefficient (Wildman–Crippen LogP) is -0.717. The van der Waals surface area contributed by atoms with Gasteiger partial charge in [0.1, 0.15) is 0 Å². The van der Waals surface area contributed by atoms with Crippen LogP contribution in [0.3, 0.4) is 0 Å². The van der Waals surface area contributed by atoms with Crippen molar-refractivity contribution in [1.82, 2.24) is 10.7 Å². The molecule has 1 atom stereocenters. The third kappa shape index (κ3) is 3.02. The van der Waals surface area contributed by atoms with Crippen LogP contribution in [0.1, 0.15) is 25.7 Å². The van der Waals surface area contributed by atoms with Crippen LogP contribution < -0.4 is 16.6 Å². The number of hydrogen-bond acceptors (Lipinski definition) is 3. The molecular formula is C8H15N3O2. The van der Waals surface area contributed by atoms with Crippen molar-refractivity contribution in [3.8, 4) is 0 Å². The molecule has 74 valence electrons. The molecule has 13 heavy (non-hydrogen) atoms. The number of carbonyl (C=O) groups excluding carboxylic acids is 2. The Morgan fingerprint density at radius 3 is 3.08 bits per heavy atom. The van der Waals surface area contributed by atoms with Crippen molar-refractivity contribution in [2.24, 2.45) is 11.8 Å². The Morgan fingerprint density at radius 2 is 2.38 bits per heavy atom. The maximum absolute atomic E-state index is 11.3. The Bertz CT molecular complexity index is 206. The molecule has 0 aromatic heterocycles. The molecule has 1 aliphatic rings. The Labute approximate surface area is 77.0 Å². The van der Waals surface area contributed by atoms with Gasteiger partial charge in [0.2, 0.25) is 11.8 Å². The van der Waals surface area contributed by atoms with Gasteiger partial charge in [-0.2, -0.15) is 0 Å². The maximum Gasteiger partial charge on any atom is 0.234 e. The van der Waals surface area contributed by atoms with Crippen molar-refractivity contribution in [1.29, 1.82) is 0 Å². The highest BCUT2D eigenvalue weighted by Crippen LogP contribution is 2.15. The lowest BCUT2D eigenvalue weighted by Gasteiger charge is -2.10. The van der Waals surface area contributed by atoms with Gasteiger partial charge >= 0.3 is 0 Å². The monoisotopic (exact) mass is 185 g/mol. The maximum atomic E-state index is 11.3. The summed E-state index contributed by atoms with van der Waals surface area (Å²) in [7, 11) is 0. The van der Waals surface area contributed by atoms with E-state index in [1.807, 2.05) is 5.43 Å². The first kappa shape index (κ1) is 9.98. The van der Waals surface area contributed by atoms with Gasteiger partial charge in [-0.3, -0.25) is 15.0 Å². The van der Waals surface area contributed by atoms with Crippen molar-refractivity contribution in [3.63, 3.8) is 0 Å². The highest BCUT2D eigenvalue weighted by atomic mass is 16.2. The minimum Gasteiger partial charge on any atom is -0.356 e. The van der Waals surface area contributed by atoms with Crippen molar-refractivity contribution in [2.75, 3.05) is 6.54 Å².